The maximum atomic E-state index is 13.7. The van der Waals surface area contributed by atoms with Gasteiger partial charge in [-0.2, -0.15) is 0 Å². The van der Waals surface area contributed by atoms with Crippen molar-refractivity contribution in [2.24, 2.45) is 0 Å². The summed E-state index contributed by atoms with van der Waals surface area (Å²) in [7, 11) is 0. The molecular formula is C90H161N3O36. The van der Waals surface area contributed by atoms with Crippen LogP contribution in [0.1, 0.15) is 260 Å². The van der Waals surface area contributed by atoms with E-state index < -0.39 is 278 Å². The van der Waals surface area contributed by atoms with Gasteiger partial charge in [0.1, 0.15) is 159 Å². The average Bonchev–Trinajstić information content (AvgIpc) is 0.756. The van der Waals surface area contributed by atoms with Crippen LogP contribution in [-0.4, -0.2) is 381 Å². The molecule has 37 atom stereocenters. The Morgan fingerprint density at radius 2 is 0.628 bits per heavy atom. The third-order valence-electron chi connectivity index (χ3n) is 25.4. The molecule has 7 aliphatic rings. The monoisotopic (exact) mass is 1860 g/mol. The molecule has 0 aromatic carbocycles. The third-order valence-corrected chi connectivity index (χ3v) is 25.4. The van der Waals surface area contributed by atoms with Gasteiger partial charge >= 0.3 is 0 Å². The predicted molar refractivity (Wildman–Crippen MR) is 460 cm³/mol. The standard InChI is InChI=1S/C90H161N3O36/c1-7-9-11-13-15-17-19-21-22-23-24-25-26-27-28-29-30-32-34-36-38-40-42-44-62(102)93-55(56(101)43-41-39-37-35-33-31-20-18-16-14-12-10-8-2)50-116-86-75(113)72(110)78(60(48-97)123-86)124-89-76(114)82(68(106)58(46-95)120-89)129-85-64(92-54(6)100)81(79(61(49-98)122-85)125-87-73(111)70(108)65(103)51(3)117-87)127-90-77(115)83(69(107)59(47-96)121-90)128-84-63(91-53(5)99)80(67(105)57(45-94)119-84)126-88-74(112)71(109)66(104)52(4)118-88/h21-22,41,43,51-52,55-61,63-90,94-98,101,103-115H,7-20,23-40,42,44-50H2,1-6H3,(H,91,99)(H,92,100)(H,93,102)/b22-21-,43-41+/t51?,52?,55-,56+,57?,58?,59?,60?,61?,63?,64?,65+,66+,67+,68-,69-,70?,71?,72+,73-,74-,75?,76?,77?,78+,79+,80+,81+,82-,83-,84-,85-,86+,87+,88+,89-,90-/m0/s1. The molecule has 0 aromatic rings. The van der Waals surface area contributed by atoms with E-state index in [2.05, 4.69) is 41.9 Å². The third kappa shape index (κ3) is 34.9. The van der Waals surface area contributed by atoms with Crippen LogP contribution in [0.5, 0.6) is 0 Å². The Bertz CT molecular complexity index is 3090. The molecule has 129 heavy (non-hydrogen) atoms. The quantitative estimate of drug-likeness (QED) is 0.0289. The highest BCUT2D eigenvalue weighted by molar-refractivity contribution is 5.76. The number of hydrogen-bond acceptors (Lipinski definition) is 36. The van der Waals surface area contributed by atoms with Gasteiger partial charge in [0, 0.05) is 20.3 Å². The molecule has 0 radical (unpaired) electrons. The summed E-state index contributed by atoms with van der Waals surface area (Å²) in [6.07, 6.45) is -19.0. The lowest BCUT2D eigenvalue weighted by Gasteiger charge is -2.52. The van der Waals surface area contributed by atoms with E-state index in [0.29, 0.717) is 12.8 Å². The highest BCUT2D eigenvalue weighted by Gasteiger charge is 2.60. The van der Waals surface area contributed by atoms with Gasteiger partial charge in [0.15, 0.2) is 44.0 Å². The number of hydrogen-bond donors (Lipinski definition) is 22. The van der Waals surface area contributed by atoms with Crippen LogP contribution >= 0.6 is 0 Å². The number of aliphatic hydroxyl groups is 19. The molecule has 39 heteroatoms. The van der Waals surface area contributed by atoms with Crippen LogP contribution in [0.4, 0.5) is 0 Å². The predicted octanol–water partition coefficient (Wildman–Crippen LogP) is 0.352. The topological polar surface area (TPSA) is 601 Å². The van der Waals surface area contributed by atoms with Crippen molar-refractivity contribution in [3.05, 3.63) is 24.3 Å². The van der Waals surface area contributed by atoms with Crippen LogP contribution in [-0.2, 0) is 80.7 Å². The van der Waals surface area contributed by atoms with Crippen molar-refractivity contribution in [2.75, 3.05) is 39.6 Å². The Balaban J connectivity index is 1.03. The van der Waals surface area contributed by atoms with Crippen LogP contribution < -0.4 is 16.0 Å². The number of aliphatic hydroxyl groups excluding tert-OH is 19. The fourth-order valence-corrected chi connectivity index (χ4v) is 17.6. The second-order valence-corrected chi connectivity index (χ2v) is 35.9. The largest absolute Gasteiger partial charge is 0.394 e. The minimum Gasteiger partial charge on any atom is -0.394 e. The summed E-state index contributed by atoms with van der Waals surface area (Å²) in [4.78, 5) is 40.4. The fraction of sp³-hybridized carbons (Fsp3) is 0.922. The van der Waals surface area contributed by atoms with Crippen molar-refractivity contribution in [3.63, 3.8) is 0 Å². The minimum atomic E-state index is -2.39. The molecule has 7 aliphatic heterocycles. The number of allylic oxidation sites excluding steroid dienone is 3. The van der Waals surface area contributed by atoms with Crippen molar-refractivity contribution in [2.45, 2.75) is 487 Å². The molecule has 0 bridgehead atoms. The van der Waals surface area contributed by atoms with Crippen molar-refractivity contribution in [3.8, 4) is 0 Å². The van der Waals surface area contributed by atoms with Gasteiger partial charge in [0.25, 0.3) is 0 Å². The number of carbonyl (C=O) groups excluding carboxylic acids is 3. The molecule has 7 heterocycles. The van der Waals surface area contributed by atoms with Gasteiger partial charge in [-0.15, -0.1) is 0 Å². The lowest BCUT2D eigenvalue weighted by Crippen LogP contribution is -2.72. The zero-order valence-electron chi connectivity index (χ0n) is 76.4. The first-order valence-corrected chi connectivity index (χ1v) is 47.8. The summed E-state index contributed by atoms with van der Waals surface area (Å²) in [6.45, 7) is 3.24. The van der Waals surface area contributed by atoms with Crippen LogP contribution in [0.2, 0.25) is 0 Å². The molecule has 22 N–H and O–H groups in total. The number of carbonyl (C=O) groups is 3. The van der Waals surface area contributed by atoms with Crippen molar-refractivity contribution in [1.82, 2.24) is 16.0 Å². The first-order valence-electron chi connectivity index (χ1n) is 47.8. The fourth-order valence-electron chi connectivity index (χ4n) is 17.6. The zero-order chi connectivity index (χ0) is 94.2. The van der Waals surface area contributed by atoms with Gasteiger partial charge in [-0.3, -0.25) is 14.4 Å². The van der Waals surface area contributed by atoms with Crippen molar-refractivity contribution >= 4 is 17.7 Å². The second kappa shape index (κ2) is 60.3. The van der Waals surface area contributed by atoms with E-state index in [1.165, 1.54) is 155 Å². The number of unbranched alkanes of at least 4 members (excludes halogenated alkanes) is 30. The Kier molecular flexibility index (Phi) is 52.6. The number of amides is 3. The molecule has 0 aliphatic carbocycles. The lowest BCUT2D eigenvalue weighted by molar-refractivity contribution is -0.396. The molecule has 7 saturated heterocycles. The highest BCUT2D eigenvalue weighted by Crippen LogP contribution is 2.40. The van der Waals surface area contributed by atoms with E-state index in [9.17, 15) is 111 Å². The summed E-state index contributed by atoms with van der Waals surface area (Å²) < 4.78 is 85.0. The zero-order valence-corrected chi connectivity index (χ0v) is 76.4. The molecule has 3 amide bonds. The van der Waals surface area contributed by atoms with Crippen LogP contribution in [0.3, 0.4) is 0 Å². The lowest BCUT2D eigenvalue weighted by atomic mass is 9.93. The van der Waals surface area contributed by atoms with E-state index in [1.54, 1.807) is 6.08 Å². The van der Waals surface area contributed by atoms with E-state index in [0.717, 1.165) is 71.6 Å². The molecule has 14 unspecified atom stereocenters. The van der Waals surface area contributed by atoms with Crippen molar-refractivity contribution in [1.29, 1.82) is 0 Å². The van der Waals surface area contributed by atoms with Gasteiger partial charge in [-0.1, -0.05) is 205 Å². The number of nitrogens with one attached hydrogen (secondary N) is 3. The van der Waals surface area contributed by atoms with E-state index >= 15 is 0 Å². The second-order valence-electron chi connectivity index (χ2n) is 35.9. The van der Waals surface area contributed by atoms with Crippen LogP contribution in [0, 0.1) is 0 Å². The number of ether oxygens (including phenoxy) is 14. The van der Waals surface area contributed by atoms with Gasteiger partial charge in [-0.25, -0.2) is 0 Å². The SMILES string of the molecule is CCCCCCCC/C=C\CCCCCCCCCCCCCCCC(=O)N[C@@H](CO[C@@H]1OC(CO)[C@@H](O[C@@H]2OC(CO)[C@H](O)[C@H](O[C@@H]3OC(CO)[C@@H](O[C@H]4OC(C)[C@@H](O)C(O)[C@@H]4O)[C@H](O[C@@H]4OC(CO)[C@H](O)[C@H](O[C@@H]5OC(CO)[C@@H](O)[C@H](O[C@H]6OC(C)[C@@H](O)C(O)[C@@H]6O)C5NC(C)=O)C4O)C3NC(C)=O)C2O)[C@H](O)C1O)[C@H](O)/C=C/CCCCCCCCCCCCC. The highest BCUT2D eigenvalue weighted by atomic mass is 16.8. The summed E-state index contributed by atoms with van der Waals surface area (Å²) in [6, 6.07) is -4.87. The maximum absolute atomic E-state index is 13.7. The molecule has 752 valence electrons. The first kappa shape index (κ1) is 113. The van der Waals surface area contributed by atoms with E-state index in [1.807, 2.05) is 6.08 Å². The average molecular weight is 1860 g/mol. The molecular weight excluding hydrogens is 1700 g/mol. The van der Waals surface area contributed by atoms with E-state index in [4.69, 9.17) is 66.3 Å². The van der Waals surface area contributed by atoms with E-state index in [-0.39, 0.29) is 12.3 Å². The van der Waals surface area contributed by atoms with Crippen molar-refractivity contribution < 1.29 is 178 Å². The van der Waals surface area contributed by atoms with Gasteiger partial charge in [-0.05, 0) is 58.8 Å². The number of rotatable bonds is 60. The summed E-state index contributed by atoms with van der Waals surface area (Å²) in [5.41, 5.74) is 0. The van der Waals surface area contributed by atoms with Crippen LogP contribution in [0.15, 0.2) is 24.3 Å². The first-order chi connectivity index (χ1) is 62.0. The summed E-state index contributed by atoms with van der Waals surface area (Å²) >= 11 is 0. The van der Waals surface area contributed by atoms with Gasteiger partial charge in [0.2, 0.25) is 17.7 Å². The molecule has 7 rings (SSSR count). The molecule has 0 spiro atoms. The Labute approximate surface area is 759 Å². The smallest absolute Gasteiger partial charge is 0.220 e. The maximum Gasteiger partial charge on any atom is 0.220 e. The van der Waals surface area contributed by atoms with Gasteiger partial charge in [0.05, 0.1) is 64.0 Å². The minimum absolute atomic E-state index is 0.150. The Morgan fingerprint density at radius 3 is 1.04 bits per heavy atom. The summed E-state index contributed by atoms with van der Waals surface area (Å²) in [5.74, 6) is -2.17. The molecule has 7 fully saturated rings. The molecule has 0 saturated carbocycles. The molecule has 0 aromatic heterocycles. The summed E-state index contributed by atoms with van der Waals surface area (Å²) in [5, 5.41) is 223. The van der Waals surface area contributed by atoms with Crippen LogP contribution in [0.25, 0.3) is 0 Å². The van der Waals surface area contributed by atoms with Gasteiger partial charge < -0.3 is 179 Å². The molecule has 39 nitrogen and oxygen atoms in total. The normalized spacial score (nSPS) is 37.5. The Morgan fingerprint density at radius 1 is 0.318 bits per heavy atom. The Hall–Kier alpha value is -3.43.